The van der Waals surface area contributed by atoms with Crippen LogP contribution in [0.5, 0.6) is 17.2 Å². The summed E-state index contributed by atoms with van der Waals surface area (Å²) in [6.07, 6.45) is 6.65. The second kappa shape index (κ2) is 24.1. The van der Waals surface area contributed by atoms with E-state index in [9.17, 15) is 14.4 Å². The molecule has 3 atom stereocenters. The van der Waals surface area contributed by atoms with E-state index < -0.39 is 11.9 Å². The number of hydrogen-bond donors (Lipinski definition) is 5. The van der Waals surface area contributed by atoms with E-state index >= 15 is 0 Å². The Morgan fingerprint density at radius 3 is 1.75 bits per heavy atom. The minimum atomic E-state index is -0.785. The van der Waals surface area contributed by atoms with E-state index in [1.54, 1.807) is 21.3 Å². The van der Waals surface area contributed by atoms with Gasteiger partial charge in [-0.1, -0.05) is 39.8 Å². The van der Waals surface area contributed by atoms with Crippen LogP contribution in [0.2, 0.25) is 0 Å². The largest absolute Gasteiger partial charge is 0.497 e. The van der Waals surface area contributed by atoms with Gasteiger partial charge in [-0.15, -0.1) is 0 Å². The third-order valence-corrected chi connectivity index (χ3v) is 9.72. The van der Waals surface area contributed by atoms with Gasteiger partial charge in [0.1, 0.15) is 17.2 Å². The first-order chi connectivity index (χ1) is 26.9. The average Bonchev–Trinajstić information content (AvgIpc) is 3.89. The fourth-order valence-corrected chi connectivity index (χ4v) is 7.41. The number of aliphatic carboxylic acids is 2. The Kier molecular flexibility index (Phi) is 20.4. The van der Waals surface area contributed by atoms with E-state index in [4.69, 9.17) is 46.4 Å². The highest BCUT2D eigenvalue weighted by atomic mass is 16.5. The maximum atomic E-state index is 11.6. The van der Waals surface area contributed by atoms with Gasteiger partial charge in [0.15, 0.2) is 0 Å². The summed E-state index contributed by atoms with van der Waals surface area (Å²) < 4.78 is 20.9. The number of esters is 1. The van der Waals surface area contributed by atoms with Gasteiger partial charge in [0.05, 0.1) is 34.4 Å². The Morgan fingerprint density at radius 1 is 0.625 bits per heavy atom. The number of rotatable bonds is 12. The highest BCUT2D eigenvalue weighted by molar-refractivity contribution is 5.74. The van der Waals surface area contributed by atoms with Gasteiger partial charge >= 0.3 is 17.9 Å². The van der Waals surface area contributed by atoms with Crippen LogP contribution < -0.4 is 31.4 Å². The monoisotopic (exact) mass is 779 g/mol. The molecule has 0 radical (unpaired) electrons. The second-order valence-electron chi connectivity index (χ2n) is 13.5. The number of benzene rings is 3. The van der Waals surface area contributed by atoms with E-state index in [1.807, 2.05) is 71.0 Å². The maximum Gasteiger partial charge on any atom is 0.310 e. The van der Waals surface area contributed by atoms with Crippen molar-refractivity contribution in [2.24, 2.45) is 17.2 Å². The topological polar surface area (TPSA) is 207 Å². The number of carboxylic acids is 2. The Labute approximate surface area is 333 Å². The summed E-state index contributed by atoms with van der Waals surface area (Å²) in [5.41, 5.74) is 28.1. The SMILES string of the molecule is CC.CC.CCOC(=O)Cc1ccc(OC)c2c1CC(N)C2.COc1cc(CCC(=O)O)c2c(c1)CC(N)C2.COc1ccc2c(c1CCC(=O)O)CC(N)C2. The molecule has 3 aliphatic carbocycles. The van der Waals surface area contributed by atoms with Crippen LogP contribution in [0.25, 0.3) is 0 Å². The average molecular weight is 780 g/mol. The molecule has 0 spiro atoms. The fraction of sp³-hybridized carbons (Fsp3) is 0.523. The lowest BCUT2D eigenvalue weighted by atomic mass is 9.98. The summed E-state index contributed by atoms with van der Waals surface area (Å²) >= 11 is 0. The van der Waals surface area contributed by atoms with Crippen molar-refractivity contribution < 1.29 is 43.5 Å². The summed E-state index contributed by atoms with van der Waals surface area (Å²) in [5.74, 6) is 0.684. The molecule has 0 aliphatic heterocycles. The van der Waals surface area contributed by atoms with Crippen molar-refractivity contribution in [2.45, 2.75) is 123 Å². The molecule has 0 amide bonds. The number of carbonyl (C=O) groups excluding carboxylic acids is 1. The molecule has 6 rings (SSSR count). The number of hydrogen-bond acceptors (Lipinski definition) is 10. The summed E-state index contributed by atoms with van der Waals surface area (Å²) in [5, 5.41) is 17.5. The zero-order valence-electron chi connectivity index (χ0n) is 34.7. The number of fused-ring (bicyclic) bond motifs is 3. The molecule has 310 valence electrons. The number of ether oxygens (including phenoxy) is 4. The lowest BCUT2D eigenvalue weighted by Crippen LogP contribution is -2.19. The van der Waals surface area contributed by atoms with Crippen LogP contribution in [0, 0.1) is 0 Å². The van der Waals surface area contributed by atoms with Crippen molar-refractivity contribution in [1.29, 1.82) is 0 Å². The fourth-order valence-electron chi connectivity index (χ4n) is 7.41. The maximum absolute atomic E-state index is 11.6. The molecule has 12 nitrogen and oxygen atoms in total. The molecule has 3 unspecified atom stereocenters. The minimum Gasteiger partial charge on any atom is -0.497 e. The van der Waals surface area contributed by atoms with Crippen LogP contribution in [0.4, 0.5) is 0 Å². The summed E-state index contributed by atoms with van der Waals surface area (Å²) in [7, 11) is 4.89. The normalized spacial score (nSPS) is 16.7. The van der Waals surface area contributed by atoms with Crippen LogP contribution in [0.1, 0.15) is 97.5 Å². The van der Waals surface area contributed by atoms with Crippen molar-refractivity contribution in [1.82, 2.24) is 0 Å². The van der Waals surface area contributed by atoms with Crippen LogP contribution >= 0.6 is 0 Å². The Morgan fingerprint density at radius 2 is 1.16 bits per heavy atom. The van der Waals surface area contributed by atoms with Crippen molar-refractivity contribution >= 4 is 17.9 Å². The zero-order valence-corrected chi connectivity index (χ0v) is 34.7. The van der Waals surface area contributed by atoms with Crippen LogP contribution in [0.3, 0.4) is 0 Å². The van der Waals surface area contributed by atoms with E-state index in [-0.39, 0.29) is 36.9 Å². The second-order valence-corrected chi connectivity index (χ2v) is 13.5. The van der Waals surface area contributed by atoms with Crippen molar-refractivity contribution in [3.63, 3.8) is 0 Å². The van der Waals surface area contributed by atoms with E-state index in [2.05, 4.69) is 0 Å². The van der Waals surface area contributed by atoms with Gasteiger partial charge in [-0.2, -0.15) is 0 Å². The number of carbonyl (C=O) groups is 3. The first-order valence-electron chi connectivity index (χ1n) is 19.8. The first kappa shape index (κ1) is 47.5. The predicted molar refractivity (Wildman–Crippen MR) is 220 cm³/mol. The summed E-state index contributed by atoms with van der Waals surface area (Å²) in [4.78, 5) is 32.9. The Balaban J connectivity index is 0.000000277. The van der Waals surface area contributed by atoms with Crippen LogP contribution in [-0.4, -0.2) is 74.2 Å². The van der Waals surface area contributed by atoms with Gasteiger partial charge < -0.3 is 46.4 Å². The Bertz CT molecular complexity index is 1740. The molecule has 0 saturated carbocycles. The van der Waals surface area contributed by atoms with Crippen molar-refractivity contribution in [3.8, 4) is 17.2 Å². The number of aryl methyl sites for hydroxylation is 1. The molecule has 0 fully saturated rings. The molecule has 3 aromatic rings. The quantitative estimate of drug-likeness (QED) is 0.143. The smallest absolute Gasteiger partial charge is 0.310 e. The highest BCUT2D eigenvalue weighted by Gasteiger charge is 2.26. The summed E-state index contributed by atoms with van der Waals surface area (Å²) in [6, 6.07) is 12.2. The number of methoxy groups -OCH3 is 3. The standard InChI is InChI=1S/C14H19NO3.2C13H17NO3.2C2H6/c1-3-18-14(16)6-9-4-5-13(17-2)12-8-10(15)7-11(9)12;1-17-12-4-2-8-6-9(14)7-11(8)10(12)3-5-13(15)16;1-17-11-5-8(2-3-13(15)16)12-7-10(14)4-9(12)6-11;2*1-2/h4-5,10H,3,6-8,15H2,1-2H3;2,4,9H,3,5-7,14H2,1H3,(H,15,16);5-6,10H,2-4,7,14H2,1H3,(H,15,16);2*1-2H3. The molecule has 12 heteroatoms. The van der Waals surface area contributed by atoms with E-state index in [1.165, 1.54) is 22.3 Å². The molecule has 56 heavy (non-hydrogen) atoms. The molecule has 3 aliphatic rings. The van der Waals surface area contributed by atoms with Crippen molar-refractivity contribution in [3.05, 3.63) is 86.5 Å². The molecular weight excluding hydrogens is 714 g/mol. The lowest BCUT2D eigenvalue weighted by molar-refractivity contribution is -0.142. The van der Waals surface area contributed by atoms with Gasteiger partial charge in [-0.05, 0) is 133 Å². The van der Waals surface area contributed by atoms with Gasteiger partial charge in [0.25, 0.3) is 0 Å². The molecule has 8 N–H and O–H groups in total. The molecule has 0 aromatic heterocycles. The first-order valence-corrected chi connectivity index (χ1v) is 19.8. The van der Waals surface area contributed by atoms with Crippen LogP contribution in [-0.2, 0) is 76.9 Å². The van der Waals surface area contributed by atoms with Crippen molar-refractivity contribution in [2.75, 3.05) is 27.9 Å². The third-order valence-electron chi connectivity index (χ3n) is 9.72. The molecule has 0 heterocycles. The molecule has 0 saturated heterocycles. The zero-order chi connectivity index (χ0) is 41.9. The molecular formula is C44H65N3O9. The van der Waals surface area contributed by atoms with Gasteiger partial charge in [0, 0.05) is 31.0 Å². The lowest BCUT2D eigenvalue weighted by Gasteiger charge is -2.12. The Hall–Kier alpha value is -4.65. The van der Waals surface area contributed by atoms with Gasteiger partial charge in [-0.3, -0.25) is 14.4 Å². The number of nitrogens with two attached hydrogens (primary N) is 3. The van der Waals surface area contributed by atoms with Gasteiger partial charge in [0.2, 0.25) is 0 Å². The predicted octanol–water partition coefficient (Wildman–Crippen LogP) is 5.56. The van der Waals surface area contributed by atoms with Crippen LogP contribution in [0.15, 0.2) is 36.4 Å². The molecule has 3 aromatic carbocycles. The van der Waals surface area contributed by atoms with Gasteiger partial charge in [-0.25, -0.2) is 0 Å². The third kappa shape index (κ3) is 13.5. The summed E-state index contributed by atoms with van der Waals surface area (Å²) in [6.45, 7) is 10.2. The minimum absolute atomic E-state index is 0.122. The van der Waals surface area contributed by atoms with E-state index in [0.717, 1.165) is 83.6 Å². The number of carboxylic acid groups (broad SMARTS) is 2. The van der Waals surface area contributed by atoms with E-state index in [0.29, 0.717) is 25.9 Å². The molecule has 0 bridgehead atoms. The highest BCUT2D eigenvalue weighted by Crippen LogP contribution is 2.34.